The SMILES string of the molecule is CC(C)(C)c1cc(C=NNC(=O)CCc2cc(C(C)(C)C)c(O)c(C(C)(C)C)c2)cc(C(C)(C)C)c1O. The monoisotopic (exact) mass is 508 g/mol. The highest BCUT2D eigenvalue weighted by Crippen LogP contribution is 2.41. The first-order valence-corrected chi connectivity index (χ1v) is 13.2. The molecule has 0 saturated heterocycles. The Morgan fingerprint density at radius 3 is 1.41 bits per heavy atom. The van der Waals surface area contributed by atoms with Gasteiger partial charge in [-0.2, -0.15) is 5.10 Å². The molecule has 0 radical (unpaired) electrons. The van der Waals surface area contributed by atoms with E-state index in [1.807, 2.05) is 24.3 Å². The van der Waals surface area contributed by atoms with Crippen LogP contribution in [0.2, 0.25) is 0 Å². The molecule has 0 fully saturated rings. The van der Waals surface area contributed by atoms with Crippen LogP contribution in [0.1, 0.15) is 123 Å². The number of carbonyl (C=O) groups is 1. The molecule has 2 aromatic carbocycles. The van der Waals surface area contributed by atoms with E-state index in [-0.39, 0.29) is 34.0 Å². The lowest BCUT2D eigenvalue weighted by Gasteiger charge is -2.28. The van der Waals surface area contributed by atoms with E-state index in [0.29, 0.717) is 17.9 Å². The number of phenols is 2. The quantitative estimate of drug-likeness (QED) is 0.291. The third-order valence-electron chi connectivity index (χ3n) is 6.58. The zero-order valence-corrected chi connectivity index (χ0v) is 25.1. The fourth-order valence-electron chi connectivity index (χ4n) is 4.35. The molecule has 0 bridgehead atoms. The Morgan fingerprint density at radius 2 is 1.05 bits per heavy atom. The summed E-state index contributed by atoms with van der Waals surface area (Å²) in [5, 5.41) is 26.0. The van der Waals surface area contributed by atoms with Crippen molar-refractivity contribution in [1.82, 2.24) is 5.43 Å². The average Bonchev–Trinajstić information content (AvgIpc) is 2.70. The van der Waals surface area contributed by atoms with Crippen LogP contribution in [0, 0.1) is 0 Å². The predicted molar refractivity (Wildman–Crippen MR) is 155 cm³/mol. The second kappa shape index (κ2) is 10.5. The number of amides is 1. The number of nitrogens with zero attached hydrogens (tertiary/aromatic N) is 1. The highest BCUT2D eigenvalue weighted by Gasteiger charge is 2.27. The molecule has 2 aromatic rings. The molecule has 0 aliphatic heterocycles. The van der Waals surface area contributed by atoms with Gasteiger partial charge in [0.15, 0.2) is 0 Å². The normalized spacial score (nSPS) is 13.3. The van der Waals surface area contributed by atoms with Crippen LogP contribution in [-0.2, 0) is 32.9 Å². The Labute approximate surface area is 224 Å². The van der Waals surface area contributed by atoms with E-state index in [9.17, 15) is 15.0 Å². The maximum atomic E-state index is 12.6. The highest BCUT2D eigenvalue weighted by atomic mass is 16.3. The van der Waals surface area contributed by atoms with Gasteiger partial charge >= 0.3 is 0 Å². The molecular formula is C32H48N2O3. The van der Waals surface area contributed by atoms with Gasteiger partial charge in [0.1, 0.15) is 11.5 Å². The lowest BCUT2D eigenvalue weighted by Crippen LogP contribution is -2.20. The first-order valence-electron chi connectivity index (χ1n) is 13.2. The number of hydrogen-bond donors (Lipinski definition) is 3. The Kier molecular flexibility index (Phi) is 8.64. The van der Waals surface area contributed by atoms with Crippen LogP contribution >= 0.6 is 0 Å². The number of rotatable bonds is 5. The van der Waals surface area contributed by atoms with Crippen LogP contribution in [-0.4, -0.2) is 22.3 Å². The molecule has 0 aromatic heterocycles. The summed E-state index contributed by atoms with van der Waals surface area (Å²) < 4.78 is 0. The largest absolute Gasteiger partial charge is 0.507 e. The minimum Gasteiger partial charge on any atom is -0.507 e. The summed E-state index contributed by atoms with van der Waals surface area (Å²) in [6.45, 7) is 24.9. The number of aryl methyl sites for hydroxylation is 1. The van der Waals surface area contributed by atoms with Crippen molar-refractivity contribution in [3.63, 3.8) is 0 Å². The van der Waals surface area contributed by atoms with Gasteiger partial charge in [0.2, 0.25) is 5.91 Å². The van der Waals surface area contributed by atoms with Gasteiger partial charge in [-0.05, 0) is 62.5 Å². The third-order valence-corrected chi connectivity index (χ3v) is 6.58. The number of carbonyl (C=O) groups excluding carboxylic acids is 1. The summed E-state index contributed by atoms with van der Waals surface area (Å²) in [5.74, 6) is 0.486. The second-order valence-corrected chi connectivity index (χ2v) is 14.3. The Morgan fingerprint density at radius 1 is 0.703 bits per heavy atom. The van der Waals surface area contributed by atoms with E-state index >= 15 is 0 Å². The van der Waals surface area contributed by atoms with Gasteiger partial charge in [-0.3, -0.25) is 4.79 Å². The van der Waals surface area contributed by atoms with Crippen molar-refractivity contribution >= 4 is 12.1 Å². The molecular weight excluding hydrogens is 460 g/mol. The molecule has 1 amide bonds. The Bertz CT molecular complexity index is 1090. The zero-order valence-electron chi connectivity index (χ0n) is 25.1. The van der Waals surface area contributed by atoms with Crippen molar-refractivity contribution < 1.29 is 15.0 Å². The van der Waals surface area contributed by atoms with Crippen molar-refractivity contribution in [1.29, 1.82) is 0 Å². The molecule has 204 valence electrons. The van der Waals surface area contributed by atoms with E-state index < -0.39 is 0 Å². The van der Waals surface area contributed by atoms with E-state index in [1.165, 1.54) is 0 Å². The third kappa shape index (κ3) is 7.83. The molecule has 0 aliphatic rings. The van der Waals surface area contributed by atoms with E-state index in [1.54, 1.807) is 6.21 Å². The molecule has 0 heterocycles. The van der Waals surface area contributed by atoms with Gasteiger partial charge < -0.3 is 10.2 Å². The van der Waals surface area contributed by atoms with Crippen molar-refractivity contribution in [2.45, 2.75) is 118 Å². The molecule has 37 heavy (non-hydrogen) atoms. The van der Waals surface area contributed by atoms with Crippen molar-refractivity contribution in [2.75, 3.05) is 0 Å². The topological polar surface area (TPSA) is 81.9 Å². The molecule has 2 rings (SSSR count). The maximum Gasteiger partial charge on any atom is 0.240 e. The predicted octanol–water partition coefficient (Wildman–Crippen LogP) is 7.37. The van der Waals surface area contributed by atoms with Crippen LogP contribution in [0.5, 0.6) is 11.5 Å². The molecule has 3 N–H and O–H groups in total. The number of benzene rings is 2. The minimum absolute atomic E-state index is 0.176. The molecule has 0 aliphatic carbocycles. The van der Waals surface area contributed by atoms with E-state index in [4.69, 9.17) is 0 Å². The summed E-state index contributed by atoms with van der Waals surface area (Å²) in [6, 6.07) is 7.89. The first kappa shape index (κ1) is 30.4. The lowest BCUT2D eigenvalue weighted by molar-refractivity contribution is -0.121. The van der Waals surface area contributed by atoms with Crippen molar-refractivity contribution in [3.8, 4) is 11.5 Å². The standard InChI is InChI=1S/C32H48N2O3/c1-29(2,3)22-15-20(16-23(27(22)36)30(4,5)6)13-14-26(35)34-33-19-21-17-24(31(7,8)9)28(37)25(18-21)32(10,11)12/h15-19,36-37H,13-14H2,1-12H3,(H,34,35). The second-order valence-electron chi connectivity index (χ2n) is 14.3. The van der Waals surface area contributed by atoms with Gasteiger partial charge in [0.25, 0.3) is 0 Å². The van der Waals surface area contributed by atoms with Crippen LogP contribution in [0.15, 0.2) is 29.4 Å². The van der Waals surface area contributed by atoms with Gasteiger partial charge in [0.05, 0.1) is 6.21 Å². The number of nitrogens with one attached hydrogen (secondary N) is 1. The molecule has 0 atom stereocenters. The smallest absolute Gasteiger partial charge is 0.240 e. The number of aromatic hydroxyl groups is 2. The van der Waals surface area contributed by atoms with E-state index in [2.05, 4.69) is 93.6 Å². The Balaban J connectivity index is 2.23. The Hall–Kier alpha value is -2.82. The lowest BCUT2D eigenvalue weighted by atomic mass is 9.78. The van der Waals surface area contributed by atoms with Crippen LogP contribution < -0.4 is 5.43 Å². The number of hydrogen-bond acceptors (Lipinski definition) is 4. The molecule has 0 unspecified atom stereocenters. The van der Waals surface area contributed by atoms with Crippen LogP contribution in [0.4, 0.5) is 0 Å². The molecule has 5 nitrogen and oxygen atoms in total. The fourth-order valence-corrected chi connectivity index (χ4v) is 4.35. The molecule has 5 heteroatoms. The number of phenolic OH excluding ortho intramolecular Hbond substituents is 2. The van der Waals surface area contributed by atoms with Gasteiger partial charge in [-0.1, -0.05) is 95.2 Å². The van der Waals surface area contributed by atoms with Crippen LogP contribution in [0.25, 0.3) is 0 Å². The summed E-state index contributed by atoms with van der Waals surface area (Å²) in [6.07, 6.45) is 2.47. The highest BCUT2D eigenvalue weighted by molar-refractivity contribution is 5.83. The average molecular weight is 509 g/mol. The summed E-state index contributed by atoms with van der Waals surface area (Å²) >= 11 is 0. The summed E-state index contributed by atoms with van der Waals surface area (Å²) in [7, 11) is 0. The number of hydrazone groups is 1. The van der Waals surface area contributed by atoms with Gasteiger partial charge in [0, 0.05) is 17.5 Å². The summed E-state index contributed by atoms with van der Waals surface area (Å²) in [4.78, 5) is 12.6. The fraction of sp³-hybridized carbons (Fsp3) is 0.562. The van der Waals surface area contributed by atoms with Crippen LogP contribution in [0.3, 0.4) is 0 Å². The van der Waals surface area contributed by atoms with Gasteiger partial charge in [-0.15, -0.1) is 0 Å². The molecule has 0 spiro atoms. The molecule has 0 saturated carbocycles. The van der Waals surface area contributed by atoms with Gasteiger partial charge in [-0.25, -0.2) is 5.43 Å². The minimum atomic E-state index is -0.237. The van der Waals surface area contributed by atoms with Crippen molar-refractivity contribution in [2.24, 2.45) is 5.10 Å². The van der Waals surface area contributed by atoms with E-state index in [0.717, 1.165) is 33.4 Å². The van der Waals surface area contributed by atoms with Crippen molar-refractivity contribution in [3.05, 3.63) is 57.6 Å². The summed E-state index contributed by atoms with van der Waals surface area (Å²) in [5.41, 5.74) is 7.09. The maximum absolute atomic E-state index is 12.6. The zero-order chi connectivity index (χ0) is 28.6. The first-order chi connectivity index (χ1) is 16.6.